The van der Waals surface area contributed by atoms with Crippen molar-refractivity contribution < 1.29 is 19.5 Å². The lowest BCUT2D eigenvalue weighted by molar-refractivity contribution is -0.0550. The van der Waals surface area contributed by atoms with Crippen LogP contribution in [0.3, 0.4) is 0 Å². The van der Waals surface area contributed by atoms with E-state index in [0.29, 0.717) is 56.4 Å². The van der Waals surface area contributed by atoms with Crippen molar-refractivity contribution in [2.75, 3.05) is 0 Å². The number of halogens is 3. The monoisotopic (exact) mass is 583 g/mol. The molecule has 8 heteroatoms. The van der Waals surface area contributed by atoms with Gasteiger partial charge in [-0.3, -0.25) is 0 Å². The smallest absolute Gasteiger partial charge is 0.147 e. The van der Waals surface area contributed by atoms with E-state index in [1.165, 1.54) is 0 Å². The lowest BCUT2D eigenvalue weighted by Gasteiger charge is -2.45. The Labute approximate surface area is 242 Å². The first-order chi connectivity index (χ1) is 18.8. The molecule has 0 spiro atoms. The molecular weight excluding hydrogens is 557 g/mol. The zero-order valence-electron chi connectivity index (χ0n) is 21.4. The Balaban J connectivity index is 1.20. The third-order valence-electron chi connectivity index (χ3n) is 7.93. The standard InChI is InChI=1S/C31H28Cl3NO4/c1-17-5-6-18(15-36)11-22(17)20-13-31(37,14-20)24-10-9-21(12-27(24)34)38-16-23-29(35-39-30(23)19-7-8-19)28-25(32)3-2-4-26(28)33/h2-6,9-12,19-20,36-37H,7-8,13-16H2,1H3/t20-,31-. The van der Waals surface area contributed by atoms with E-state index < -0.39 is 5.60 Å². The maximum Gasteiger partial charge on any atom is 0.147 e. The molecule has 0 aliphatic heterocycles. The molecule has 5 nitrogen and oxygen atoms in total. The minimum atomic E-state index is -1.01. The highest BCUT2D eigenvalue weighted by molar-refractivity contribution is 6.39. The largest absolute Gasteiger partial charge is 0.489 e. The van der Waals surface area contributed by atoms with Crippen molar-refractivity contribution in [1.82, 2.24) is 5.16 Å². The molecule has 39 heavy (non-hydrogen) atoms. The summed E-state index contributed by atoms with van der Waals surface area (Å²) in [6.45, 7) is 2.28. The number of aromatic nitrogens is 1. The van der Waals surface area contributed by atoms with Crippen LogP contribution in [0.15, 0.2) is 59.1 Å². The van der Waals surface area contributed by atoms with Crippen LogP contribution in [0.2, 0.25) is 15.1 Å². The third-order valence-corrected chi connectivity index (χ3v) is 8.87. The summed E-state index contributed by atoms with van der Waals surface area (Å²) >= 11 is 19.6. The summed E-state index contributed by atoms with van der Waals surface area (Å²) in [5.74, 6) is 1.91. The van der Waals surface area contributed by atoms with E-state index in [4.69, 9.17) is 44.1 Å². The van der Waals surface area contributed by atoms with Gasteiger partial charge >= 0.3 is 0 Å². The maximum atomic E-state index is 11.4. The van der Waals surface area contributed by atoms with Crippen LogP contribution < -0.4 is 4.74 Å². The number of hydrogen-bond acceptors (Lipinski definition) is 5. The number of aliphatic hydroxyl groups excluding tert-OH is 1. The van der Waals surface area contributed by atoms with Crippen molar-refractivity contribution in [3.05, 3.63) is 103 Å². The Kier molecular flexibility index (Phi) is 7.15. The number of nitrogens with zero attached hydrogens (tertiary/aromatic N) is 1. The van der Waals surface area contributed by atoms with E-state index >= 15 is 0 Å². The van der Waals surface area contributed by atoms with E-state index in [2.05, 4.69) is 12.1 Å². The maximum absolute atomic E-state index is 11.4. The average molecular weight is 585 g/mol. The summed E-state index contributed by atoms with van der Waals surface area (Å²) in [6.07, 6.45) is 3.22. The van der Waals surface area contributed by atoms with Gasteiger partial charge in [0, 0.05) is 17.0 Å². The Morgan fingerprint density at radius 3 is 2.38 bits per heavy atom. The SMILES string of the molecule is Cc1ccc(CO)cc1[C@H]1C[C@@](O)(c2ccc(OCc3c(-c4c(Cl)cccc4Cl)noc3C3CC3)cc2Cl)C1. The topological polar surface area (TPSA) is 75.7 Å². The molecule has 0 amide bonds. The lowest BCUT2D eigenvalue weighted by Crippen LogP contribution is -2.40. The molecule has 6 rings (SSSR count). The quantitative estimate of drug-likeness (QED) is 0.218. The van der Waals surface area contributed by atoms with E-state index in [-0.39, 0.29) is 19.1 Å². The summed E-state index contributed by atoms with van der Waals surface area (Å²) in [4.78, 5) is 0. The molecule has 3 aromatic carbocycles. The van der Waals surface area contributed by atoms with Gasteiger partial charge in [0.2, 0.25) is 0 Å². The van der Waals surface area contributed by atoms with Crippen LogP contribution in [0.25, 0.3) is 11.3 Å². The number of aliphatic hydroxyl groups is 2. The van der Waals surface area contributed by atoms with Gasteiger partial charge in [-0.25, -0.2) is 0 Å². The Bertz CT molecular complexity index is 1520. The van der Waals surface area contributed by atoms with Crippen LogP contribution in [-0.4, -0.2) is 15.4 Å². The van der Waals surface area contributed by atoms with Crippen molar-refractivity contribution in [1.29, 1.82) is 0 Å². The normalized spacial score (nSPS) is 20.6. The van der Waals surface area contributed by atoms with Crippen molar-refractivity contribution in [2.24, 2.45) is 0 Å². The minimum absolute atomic E-state index is 0.00150. The molecule has 2 fully saturated rings. The summed E-state index contributed by atoms with van der Waals surface area (Å²) in [5.41, 5.74) is 4.93. The molecule has 2 aliphatic carbocycles. The molecule has 202 valence electrons. The molecule has 0 radical (unpaired) electrons. The zero-order chi connectivity index (χ0) is 27.3. The summed E-state index contributed by atoms with van der Waals surface area (Å²) in [7, 11) is 0. The molecule has 0 unspecified atom stereocenters. The molecule has 0 bridgehead atoms. The van der Waals surface area contributed by atoms with Crippen LogP contribution in [0.4, 0.5) is 0 Å². The highest BCUT2D eigenvalue weighted by atomic mass is 35.5. The van der Waals surface area contributed by atoms with Crippen LogP contribution in [-0.2, 0) is 18.8 Å². The summed E-state index contributed by atoms with van der Waals surface area (Å²) in [5, 5.41) is 26.7. The van der Waals surface area contributed by atoms with Crippen molar-refractivity contribution in [2.45, 2.75) is 63.3 Å². The van der Waals surface area contributed by atoms with Crippen molar-refractivity contribution in [3.63, 3.8) is 0 Å². The second-order valence-electron chi connectivity index (χ2n) is 10.7. The molecule has 0 saturated heterocycles. The summed E-state index contributed by atoms with van der Waals surface area (Å²) in [6, 6.07) is 16.7. The van der Waals surface area contributed by atoms with E-state index in [1.54, 1.807) is 24.3 Å². The molecule has 1 heterocycles. The fraction of sp³-hybridized carbons (Fsp3) is 0.323. The fourth-order valence-electron chi connectivity index (χ4n) is 5.59. The van der Waals surface area contributed by atoms with Gasteiger partial charge in [-0.2, -0.15) is 0 Å². The lowest BCUT2D eigenvalue weighted by atomic mass is 9.64. The van der Waals surface area contributed by atoms with E-state index in [0.717, 1.165) is 40.9 Å². The van der Waals surface area contributed by atoms with E-state index in [9.17, 15) is 10.2 Å². The minimum Gasteiger partial charge on any atom is -0.489 e. The highest BCUT2D eigenvalue weighted by Crippen LogP contribution is 2.53. The number of hydrogen-bond donors (Lipinski definition) is 2. The second kappa shape index (κ2) is 10.5. The van der Waals surface area contributed by atoms with Gasteiger partial charge < -0.3 is 19.5 Å². The van der Waals surface area contributed by atoms with Crippen molar-refractivity contribution in [3.8, 4) is 17.0 Å². The molecule has 2 saturated carbocycles. The first-order valence-electron chi connectivity index (χ1n) is 13.1. The first-order valence-corrected chi connectivity index (χ1v) is 14.2. The number of aryl methyl sites for hydroxylation is 1. The van der Waals surface area contributed by atoms with Gasteiger partial charge in [-0.1, -0.05) is 70.3 Å². The Morgan fingerprint density at radius 2 is 1.72 bits per heavy atom. The zero-order valence-corrected chi connectivity index (χ0v) is 23.7. The van der Waals surface area contributed by atoms with Gasteiger partial charge in [-0.05, 0) is 79.5 Å². The van der Waals surface area contributed by atoms with Gasteiger partial charge in [0.15, 0.2) is 0 Å². The Hall–Kier alpha value is -2.54. The van der Waals surface area contributed by atoms with Crippen LogP contribution >= 0.6 is 34.8 Å². The van der Waals surface area contributed by atoms with Crippen LogP contribution in [0.1, 0.15) is 71.1 Å². The predicted molar refractivity (Wildman–Crippen MR) is 153 cm³/mol. The van der Waals surface area contributed by atoms with Gasteiger partial charge in [-0.15, -0.1) is 0 Å². The molecule has 2 N–H and O–H groups in total. The van der Waals surface area contributed by atoms with Crippen LogP contribution in [0, 0.1) is 6.92 Å². The fourth-order valence-corrected chi connectivity index (χ4v) is 6.51. The molecule has 1 aromatic heterocycles. The third kappa shape index (κ3) is 5.07. The molecule has 4 aromatic rings. The summed E-state index contributed by atoms with van der Waals surface area (Å²) < 4.78 is 11.9. The van der Waals surface area contributed by atoms with Crippen LogP contribution in [0.5, 0.6) is 5.75 Å². The van der Waals surface area contributed by atoms with Gasteiger partial charge in [0.25, 0.3) is 0 Å². The number of benzene rings is 3. The Morgan fingerprint density at radius 1 is 0.974 bits per heavy atom. The number of rotatable bonds is 8. The van der Waals surface area contributed by atoms with E-state index in [1.807, 2.05) is 30.3 Å². The molecular formula is C31H28Cl3NO4. The van der Waals surface area contributed by atoms with Gasteiger partial charge in [0.05, 0.1) is 32.8 Å². The highest BCUT2D eigenvalue weighted by Gasteiger charge is 2.46. The second-order valence-corrected chi connectivity index (χ2v) is 11.9. The first kappa shape index (κ1) is 26.7. The number of ether oxygens (including phenoxy) is 1. The molecule has 2 aliphatic rings. The molecule has 0 atom stereocenters. The average Bonchev–Trinajstić information content (AvgIpc) is 3.66. The predicted octanol–water partition coefficient (Wildman–Crippen LogP) is 8.32. The van der Waals surface area contributed by atoms with Crippen molar-refractivity contribution >= 4 is 34.8 Å². The van der Waals surface area contributed by atoms with Gasteiger partial charge in [0.1, 0.15) is 23.8 Å².